The lowest BCUT2D eigenvalue weighted by Crippen LogP contribution is -2.03. The Balaban J connectivity index is 2.13. The molecule has 1 unspecified atom stereocenters. The van der Waals surface area contributed by atoms with Crippen LogP contribution in [0, 0.1) is 0 Å². The fraction of sp³-hybridized carbons (Fsp3) is 0. The summed E-state index contributed by atoms with van der Waals surface area (Å²) >= 11 is -2.35. The molecule has 0 bridgehead atoms. The molecule has 0 heterocycles. The third-order valence-electron chi connectivity index (χ3n) is 3.73. The van der Waals surface area contributed by atoms with E-state index in [4.69, 9.17) is 0 Å². The number of carbonyl (C=O) groups excluding carboxylic acids is 1. The van der Waals surface area contributed by atoms with E-state index in [0.29, 0.717) is 16.7 Å². The maximum atomic E-state index is 13.0. The predicted molar refractivity (Wildman–Crippen MR) is 98.7 cm³/mol. The highest BCUT2D eigenvalue weighted by Gasteiger charge is 2.15. The third-order valence-corrected chi connectivity index (χ3v) is 4.37. The van der Waals surface area contributed by atoms with E-state index in [2.05, 4.69) is 0 Å². The Morgan fingerprint density at radius 2 is 1.40 bits per heavy atom. The van der Waals surface area contributed by atoms with E-state index in [-0.39, 0.29) is 10.7 Å². The molecule has 3 nitrogen and oxygen atoms in total. The van der Waals surface area contributed by atoms with Crippen LogP contribution in [0.15, 0.2) is 89.8 Å². The first-order valence-electron chi connectivity index (χ1n) is 7.71. The van der Waals surface area contributed by atoms with Crippen molar-refractivity contribution in [2.75, 3.05) is 0 Å². The average molecular weight is 347 g/mol. The Hall–Kier alpha value is -2.82. The summed E-state index contributed by atoms with van der Waals surface area (Å²) in [5.74, 6) is -0.154. The van der Waals surface area contributed by atoms with Gasteiger partial charge in [-0.2, -0.15) is 0 Å². The van der Waals surface area contributed by atoms with Gasteiger partial charge in [-0.1, -0.05) is 72.8 Å². The second-order valence-corrected chi connectivity index (χ2v) is 6.37. The Kier molecular flexibility index (Phi) is 5.33. The monoisotopic (exact) mass is 347 g/mol. The summed E-state index contributed by atoms with van der Waals surface area (Å²) in [7, 11) is 0. The minimum atomic E-state index is -2.35. The topological polar surface area (TPSA) is 57.2 Å². The number of hydrogen-bond acceptors (Lipinski definition) is 3. The van der Waals surface area contributed by atoms with E-state index in [1.54, 1.807) is 42.5 Å². The van der Waals surface area contributed by atoms with Crippen LogP contribution < -0.4 is 0 Å². The minimum absolute atomic E-state index is 0.150. The summed E-state index contributed by atoms with van der Waals surface area (Å²) in [6.07, 6.45) is 1.78. The lowest BCUT2D eigenvalue weighted by molar-refractivity contribution is 0.105. The molecule has 0 saturated heterocycles. The van der Waals surface area contributed by atoms with Crippen molar-refractivity contribution in [3.63, 3.8) is 0 Å². The van der Waals surface area contributed by atoms with Crippen molar-refractivity contribution in [3.8, 4) is 0 Å². The van der Waals surface area contributed by atoms with Crippen molar-refractivity contribution in [3.05, 3.63) is 102 Å². The molecule has 0 aliphatic heterocycles. The van der Waals surface area contributed by atoms with Crippen LogP contribution in [0.2, 0.25) is 0 Å². The molecule has 0 N–H and O–H groups in total. The molecule has 0 aromatic heterocycles. The fourth-order valence-corrected chi connectivity index (χ4v) is 2.92. The number of hydrogen-bond donors (Lipinski definition) is 0. The minimum Gasteiger partial charge on any atom is -0.768 e. The molecule has 0 radical (unpaired) electrons. The van der Waals surface area contributed by atoms with Crippen LogP contribution in [-0.4, -0.2) is 14.5 Å². The van der Waals surface area contributed by atoms with Crippen LogP contribution in [0.3, 0.4) is 0 Å². The Labute approximate surface area is 148 Å². The zero-order chi connectivity index (χ0) is 17.6. The van der Waals surface area contributed by atoms with Crippen LogP contribution in [-0.2, 0) is 11.1 Å². The molecular formula is C21H15O3S-. The van der Waals surface area contributed by atoms with Gasteiger partial charge in [-0.3, -0.25) is 9.00 Å². The van der Waals surface area contributed by atoms with Crippen LogP contribution >= 0.6 is 0 Å². The van der Waals surface area contributed by atoms with Crippen molar-refractivity contribution in [2.45, 2.75) is 4.90 Å². The van der Waals surface area contributed by atoms with Crippen molar-refractivity contribution >= 4 is 28.5 Å². The number of ketones is 1. The van der Waals surface area contributed by atoms with Gasteiger partial charge in [-0.05, 0) is 40.4 Å². The Morgan fingerprint density at radius 3 is 2.04 bits per heavy atom. The first-order chi connectivity index (χ1) is 12.1. The van der Waals surface area contributed by atoms with Crippen molar-refractivity contribution in [1.82, 2.24) is 0 Å². The quantitative estimate of drug-likeness (QED) is 0.298. The van der Waals surface area contributed by atoms with Gasteiger partial charge < -0.3 is 4.55 Å². The molecule has 3 aromatic rings. The maximum absolute atomic E-state index is 13.0. The van der Waals surface area contributed by atoms with Gasteiger partial charge in [-0.15, -0.1) is 0 Å². The molecule has 0 spiro atoms. The SMILES string of the molecule is O=C(/C(=C\c1ccccc1)c1cccc(S(=O)[O-])c1)c1ccccc1. The van der Waals surface area contributed by atoms with E-state index >= 15 is 0 Å². The molecule has 0 aliphatic rings. The first kappa shape index (κ1) is 17.0. The molecule has 124 valence electrons. The highest BCUT2D eigenvalue weighted by Crippen LogP contribution is 2.24. The molecule has 4 heteroatoms. The Bertz CT molecular complexity index is 932. The zero-order valence-electron chi connectivity index (χ0n) is 13.3. The van der Waals surface area contributed by atoms with Crippen LogP contribution in [0.25, 0.3) is 11.6 Å². The van der Waals surface area contributed by atoms with E-state index in [1.807, 2.05) is 36.4 Å². The van der Waals surface area contributed by atoms with Crippen molar-refractivity contribution in [1.29, 1.82) is 0 Å². The van der Waals surface area contributed by atoms with Gasteiger partial charge in [0.25, 0.3) is 0 Å². The maximum Gasteiger partial charge on any atom is 0.193 e. The van der Waals surface area contributed by atoms with Crippen molar-refractivity contribution in [2.24, 2.45) is 0 Å². The third kappa shape index (κ3) is 4.18. The van der Waals surface area contributed by atoms with Gasteiger partial charge in [0.1, 0.15) is 0 Å². The van der Waals surface area contributed by atoms with E-state index < -0.39 is 11.1 Å². The van der Waals surface area contributed by atoms with Gasteiger partial charge in [0.2, 0.25) is 0 Å². The lowest BCUT2D eigenvalue weighted by atomic mass is 9.95. The van der Waals surface area contributed by atoms with Crippen LogP contribution in [0.1, 0.15) is 21.5 Å². The summed E-state index contributed by atoms with van der Waals surface area (Å²) in [5.41, 5.74) is 2.44. The van der Waals surface area contributed by atoms with Crippen LogP contribution in [0.5, 0.6) is 0 Å². The summed E-state index contributed by atoms with van der Waals surface area (Å²) in [6, 6.07) is 24.8. The number of Topliss-reactive ketones (excluding diaryl/α,β-unsaturated/α-hetero) is 1. The smallest absolute Gasteiger partial charge is 0.193 e. The number of carbonyl (C=O) groups is 1. The van der Waals surface area contributed by atoms with Crippen LogP contribution in [0.4, 0.5) is 0 Å². The van der Waals surface area contributed by atoms with Gasteiger partial charge in [0.15, 0.2) is 5.78 Å². The molecule has 0 aliphatic carbocycles. The molecule has 0 amide bonds. The molecule has 3 rings (SSSR count). The van der Waals surface area contributed by atoms with Crippen molar-refractivity contribution < 1.29 is 13.6 Å². The first-order valence-corrected chi connectivity index (χ1v) is 8.79. The molecule has 3 aromatic carbocycles. The summed E-state index contributed by atoms with van der Waals surface area (Å²) in [4.78, 5) is 13.2. The Morgan fingerprint density at radius 1 is 0.800 bits per heavy atom. The highest BCUT2D eigenvalue weighted by molar-refractivity contribution is 7.79. The number of rotatable bonds is 5. The van der Waals surface area contributed by atoms with E-state index in [1.165, 1.54) is 12.1 Å². The highest BCUT2D eigenvalue weighted by atomic mass is 32.2. The normalized spacial score (nSPS) is 12.6. The number of allylic oxidation sites excluding steroid dienone is 1. The summed E-state index contributed by atoms with van der Waals surface area (Å²) in [5, 5.41) is 0. The molecule has 25 heavy (non-hydrogen) atoms. The standard InChI is InChI=1S/C21H16O3S/c22-21(17-10-5-2-6-11-17)20(14-16-8-3-1-4-9-16)18-12-7-13-19(15-18)25(23)24/h1-15H,(H,23,24)/p-1/b20-14-. The molecule has 0 fully saturated rings. The summed E-state index contributed by atoms with van der Waals surface area (Å²) < 4.78 is 22.5. The van der Waals surface area contributed by atoms with Gasteiger partial charge in [-0.25, -0.2) is 0 Å². The van der Waals surface area contributed by atoms with E-state index in [0.717, 1.165) is 5.56 Å². The second kappa shape index (κ2) is 7.83. The number of benzene rings is 3. The lowest BCUT2D eigenvalue weighted by Gasteiger charge is -2.11. The fourth-order valence-electron chi connectivity index (χ4n) is 2.51. The average Bonchev–Trinajstić information content (AvgIpc) is 2.67. The molecule has 1 atom stereocenters. The van der Waals surface area contributed by atoms with Gasteiger partial charge in [0.05, 0.1) is 0 Å². The van der Waals surface area contributed by atoms with Gasteiger partial charge in [0, 0.05) is 16.0 Å². The molecular weight excluding hydrogens is 332 g/mol. The zero-order valence-corrected chi connectivity index (χ0v) is 14.1. The van der Waals surface area contributed by atoms with Gasteiger partial charge >= 0.3 is 0 Å². The van der Waals surface area contributed by atoms with E-state index in [9.17, 15) is 13.6 Å². The molecule has 0 saturated carbocycles. The predicted octanol–water partition coefficient (Wildman–Crippen LogP) is 4.35. The second-order valence-electron chi connectivity index (χ2n) is 5.43. The summed E-state index contributed by atoms with van der Waals surface area (Å²) in [6.45, 7) is 0. The largest absolute Gasteiger partial charge is 0.768 e.